The Kier molecular flexibility index (Phi) is 4.81. The number of nitrogens with one attached hydrogen (secondary N) is 1. The Morgan fingerprint density at radius 2 is 2.00 bits per heavy atom. The molecule has 2 unspecified atom stereocenters. The SMILES string of the molecule is C=C(C)C(=O)NC(C(C)C)[P+](=O)O. The van der Waals surface area contributed by atoms with Crippen LogP contribution in [0.4, 0.5) is 0 Å². The van der Waals surface area contributed by atoms with Gasteiger partial charge in [0.1, 0.15) is 0 Å². The second-order valence-electron chi connectivity index (χ2n) is 3.25. The van der Waals surface area contributed by atoms with Crippen LogP contribution in [0.25, 0.3) is 0 Å². The molecule has 0 radical (unpaired) electrons. The van der Waals surface area contributed by atoms with Gasteiger partial charge in [0.25, 0.3) is 5.78 Å². The first-order chi connectivity index (χ1) is 5.86. The molecule has 1 amide bonds. The highest BCUT2D eigenvalue weighted by atomic mass is 31.1. The van der Waals surface area contributed by atoms with Gasteiger partial charge in [0, 0.05) is 11.5 Å². The molecule has 74 valence electrons. The molecule has 0 heterocycles. The van der Waals surface area contributed by atoms with Crippen molar-refractivity contribution in [3.63, 3.8) is 0 Å². The quantitative estimate of drug-likeness (QED) is 0.537. The third-order valence-electron chi connectivity index (χ3n) is 1.54. The van der Waals surface area contributed by atoms with Crippen LogP contribution >= 0.6 is 8.03 Å². The van der Waals surface area contributed by atoms with Gasteiger partial charge >= 0.3 is 8.03 Å². The summed E-state index contributed by atoms with van der Waals surface area (Å²) in [4.78, 5) is 20.0. The molecule has 0 saturated carbocycles. The van der Waals surface area contributed by atoms with Gasteiger partial charge in [-0.2, -0.15) is 4.89 Å². The number of carbonyl (C=O) groups is 1. The number of hydrogen-bond donors (Lipinski definition) is 2. The third kappa shape index (κ3) is 4.15. The Morgan fingerprint density at radius 1 is 1.54 bits per heavy atom. The summed E-state index contributed by atoms with van der Waals surface area (Å²) in [6, 6.07) is 0. The van der Waals surface area contributed by atoms with E-state index < -0.39 is 13.8 Å². The van der Waals surface area contributed by atoms with Crippen molar-refractivity contribution in [2.75, 3.05) is 0 Å². The molecule has 5 heteroatoms. The van der Waals surface area contributed by atoms with Crippen molar-refractivity contribution in [3.8, 4) is 0 Å². The van der Waals surface area contributed by atoms with Crippen LogP contribution in [0.1, 0.15) is 20.8 Å². The summed E-state index contributed by atoms with van der Waals surface area (Å²) < 4.78 is 10.8. The molecule has 0 saturated heterocycles. The fraction of sp³-hybridized carbons (Fsp3) is 0.625. The summed E-state index contributed by atoms with van der Waals surface area (Å²) in [6.07, 6.45) is 0. The van der Waals surface area contributed by atoms with E-state index >= 15 is 0 Å². The van der Waals surface area contributed by atoms with Crippen LogP contribution in [0.5, 0.6) is 0 Å². The van der Waals surface area contributed by atoms with E-state index in [9.17, 15) is 9.36 Å². The summed E-state index contributed by atoms with van der Waals surface area (Å²) in [5.74, 6) is -1.15. The minimum Gasteiger partial charge on any atom is -0.306 e. The molecule has 0 aliphatic carbocycles. The molecule has 0 bridgehead atoms. The first-order valence-corrected chi connectivity index (χ1v) is 5.26. The van der Waals surface area contributed by atoms with Crippen molar-refractivity contribution in [2.45, 2.75) is 26.6 Å². The summed E-state index contributed by atoms with van der Waals surface area (Å²) in [6.45, 7) is 8.53. The molecule has 0 aromatic carbocycles. The van der Waals surface area contributed by atoms with E-state index in [4.69, 9.17) is 4.89 Å². The first-order valence-electron chi connectivity index (χ1n) is 3.98. The van der Waals surface area contributed by atoms with Crippen molar-refractivity contribution in [1.29, 1.82) is 0 Å². The third-order valence-corrected chi connectivity index (χ3v) is 2.74. The van der Waals surface area contributed by atoms with Gasteiger partial charge in [-0.1, -0.05) is 20.4 Å². The van der Waals surface area contributed by atoms with Crippen LogP contribution in [0.2, 0.25) is 0 Å². The van der Waals surface area contributed by atoms with Gasteiger partial charge in [-0.3, -0.25) is 4.79 Å². The average molecular weight is 204 g/mol. The van der Waals surface area contributed by atoms with E-state index in [0.717, 1.165) is 0 Å². The molecule has 0 aliphatic heterocycles. The smallest absolute Gasteiger partial charge is 0.306 e. The van der Waals surface area contributed by atoms with Crippen molar-refractivity contribution < 1.29 is 14.3 Å². The van der Waals surface area contributed by atoms with E-state index in [1.165, 1.54) is 0 Å². The standard InChI is InChI=1S/C8H14NO3P/c1-5(2)7(10)9-8(6(3)4)13(11)12/h6,8H,1H2,2-4H3,(H-,9,10,11,12)/p+1. The Hall–Kier alpha value is -0.730. The largest absolute Gasteiger partial charge is 0.530 e. The monoisotopic (exact) mass is 204 g/mol. The second-order valence-corrected chi connectivity index (χ2v) is 4.41. The van der Waals surface area contributed by atoms with Gasteiger partial charge in [0.15, 0.2) is 0 Å². The molecule has 0 rings (SSSR count). The number of rotatable bonds is 4. The van der Waals surface area contributed by atoms with Crippen molar-refractivity contribution in [2.24, 2.45) is 5.92 Å². The predicted molar refractivity (Wildman–Crippen MR) is 51.4 cm³/mol. The van der Waals surface area contributed by atoms with Crippen LogP contribution in [-0.4, -0.2) is 16.6 Å². The molecule has 0 aromatic rings. The lowest BCUT2D eigenvalue weighted by Gasteiger charge is -2.10. The maximum absolute atomic E-state index is 11.1. The van der Waals surface area contributed by atoms with Crippen LogP contribution in [-0.2, 0) is 9.36 Å². The van der Waals surface area contributed by atoms with Gasteiger partial charge in [-0.15, -0.1) is 0 Å². The lowest BCUT2D eigenvalue weighted by molar-refractivity contribution is -0.117. The first kappa shape index (κ1) is 12.3. The zero-order valence-corrected chi connectivity index (χ0v) is 8.97. The van der Waals surface area contributed by atoms with E-state index in [1.807, 2.05) is 0 Å². The molecule has 0 aromatic heterocycles. The number of carbonyl (C=O) groups excluding carboxylic acids is 1. The van der Waals surface area contributed by atoms with Crippen molar-refractivity contribution in [3.05, 3.63) is 12.2 Å². The average Bonchev–Trinajstić information content (AvgIpc) is 1.97. The predicted octanol–water partition coefficient (Wildman–Crippen LogP) is 1.40. The van der Waals surface area contributed by atoms with Crippen LogP contribution in [0, 0.1) is 5.92 Å². The summed E-state index contributed by atoms with van der Waals surface area (Å²) >= 11 is 0. The van der Waals surface area contributed by atoms with Gasteiger partial charge in [-0.05, 0) is 11.5 Å². The van der Waals surface area contributed by atoms with E-state index in [0.29, 0.717) is 5.57 Å². The van der Waals surface area contributed by atoms with Gasteiger partial charge in [-0.25, -0.2) is 0 Å². The minimum atomic E-state index is -2.38. The highest BCUT2D eigenvalue weighted by Gasteiger charge is 2.33. The number of amides is 1. The van der Waals surface area contributed by atoms with Crippen molar-refractivity contribution >= 4 is 13.9 Å². The lowest BCUT2D eigenvalue weighted by atomic mass is 10.2. The molecule has 13 heavy (non-hydrogen) atoms. The van der Waals surface area contributed by atoms with Gasteiger partial charge < -0.3 is 5.32 Å². The fourth-order valence-corrected chi connectivity index (χ4v) is 1.47. The summed E-state index contributed by atoms with van der Waals surface area (Å²) in [5.41, 5.74) is 0.336. The Morgan fingerprint density at radius 3 is 2.23 bits per heavy atom. The lowest BCUT2D eigenvalue weighted by Crippen LogP contribution is -2.36. The Labute approximate surface area is 78.9 Å². The van der Waals surface area contributed by atoms with E-state index in [1.54, 1.807) is 20.8 Å². The molecular weight excluding hydrogens is 189 g/mol. The van der Waals surface area contributed by atoms with Gasteiger partial charge in [0.2, 0.25) is 5.91 Å². The molecule has 2 atom stereocenters. The van der Waals surface area contributed by atoms with E-state index in [2.05, 4.69) is 11.9 Å². The topological polar surface area (TPSA) is 66.4 Å². The molecule has 0 spiro atoms. The maximum atomic E-state index is 11.1. The molecule has 2 N–H and O–H groups in total. The zero-order valence-electron chi connectivity index (χ0n) is 8.07. The van der Waals surface area contributed by atoms with Crippen LogP contribution in [0.15, 0.2) is 12.2 Å². The van der Waals surface area contributed by atoms with Crippen LogP contribution < -0.4 is 5.32 Å². The summed E-state index contributed by atoms with van der Waals surface area (Å²) in [7, 11) is -2.38. The number of hydrogen-bond acceptors (Lipinski definition) is 2. The molecule has 0 fully saturated rings. The normalized spacial score (nSPS) is 13.8. The Bertz CT molecular complexity index is 238. The Balaban J connectivity index is 4.36. The molecular formula is C8H15NO3P+. The fourth-order valence-electron chi connectivity index (χ4n) is 0.734. The molecule has 0 aliphatic rings. The highest BCUT2D eigenvalue weighted by molar-refractivity contribution is 7.38. The zero-order chi connectivity index (χ0) is 10.6. The summed E-state index contributed by atoms with van der Waals surface area (Å²) in [5, 5.41) is 2.44. The minimum absolute atomic E-state index is 0.0723. The van der Waals surface area contributed by atoms with Gasteiger partial charge in [0.05, 0.1) is 0 Å². The van der Waals surface area contributed by atoms with Crippen molar-refractivity contribution in [1.82, 2.24) is 5.32 Å². The van der Waals surface area contributed by atoms with E-state index in [-0.39, 0.29) is 11.8 Å². The molecule has 4 nitrogen and oxygen atoms in total. The maximum Gasteiger partial charge on any atom is 0.530 e. The van der Waals surface area contributed by atoms with Crippen LogP contribution in [0.3, 0.4) is 0 Å². The second kappa shape index (κ2) is 5.10. The highest BCUT2D eigenvalue weighted by Crippen LogP contribution is 2.26.